The summed E-state index contributed by atoms with van der Waals surface area (Å²) in [6.07, 6.45) is 4.82. The molecule has 2 nitrogen and oxygen atoms in total. The number of rotatable bonds is 6. The molecule has 2 heteroatoms. The summed E-state index contributed by atoms with van der Waals surface area (Å²) in [4.78, 5) is 0. The Balaban J connectivity index is 1.81. The van der Waals surface area contributed by atoms with Crippen LogP contribution in [0.25, 0.3) is 0 Å². The van der Waals surface area contributed by atoms with Gasteiger partial charge in [-0.1, -0.05) is 20.8 Å². The van der Waals surface area contributed by atoms with Gasteiger partial charge in [0.1, 0.15) is 0 Å². The van der Waals surface area contributed by atoms with Gasteiger partial charge in [-0.25, -0.2) is 0 Å². The number of nitrogens with one attached hydrogen (secondary N) is 1. The van der Waals surface area contributed by atoms with Crippen LogP contribution in [-0.4, -0.2) is 10.6 Å². The van der Waals surface area contributed by atoms with Gasteiger partial charge in [0.15, 0.2) is 0 Å². The van der Waals surface area contributed by atoms with E-state index in [4.69, 9.17) is 0 Å². The van der Waals surface area contributed by atoms with E-state index < -0.39 is 0 Å². The predicted octanol–water partition coefficient (Wildman–Crippen LogP) is 3.03. The standard InChI is InChI=1S/C14H24N2/c1-11(2)6-8-16-7-4-5-13(16)10-15-14-9-12(14)3/h4-5,7,11-12,14-15H,6,8-10H2,1-3H3. The third kappa shape index (κ3) is 3.11. The Kier molecular flexibility index (Phi) is 3.70. The SMILES string of the molecule is CC(C)CCn1cccc1CNC1CC1C. The summed E-state index contributed by atoms with van der Waals surface area (Å²) in [6, 6.07) is 5.17. The molecule has 0 saturated heterocycles. The molecule has 0 aromatic carbocycles. The summed E-state index contributed by atoms with van der Waals surface area (Å²) in [5, 5.41) is 3.62. The van der Waals surface area contributed by atoms with Crippen molar-refractivity contribution in [2.75, 3.05) is 0 Å². The first-order chi connectivity index (χ1) is 7.66. The van der Waals surface area contributed by atoms with Crippen molar-refractivity contribution >= 4 is 0 Å². The number of nitrogens with zero attached hydrogens (tertiary/aromatic N) is 1. The first-order valence-corrected chi connectivity index (χ1v) is 6.54. The second-order valence-electron chi connectivity index (χ2n) is 5.58. The molecule has 1 aliphatic carbocycles. The summed E-state index contributed by atoms with van der Waals surface area (Å²) in [6.45, 7) is 9.07. The lowest BCUT2D eigenvalue weighted by atomic mass is 10.1. The Hall–Kier alpha value is -0.760. The molecule has 0 spiro atoms. The topological polar surface area (TPSA) is 17.0 Å². The Morgan fingerprint density at radius 3 is 2.88 bits per heavy atom. The lowest BCUT2D eigenvalue weighted by Gasteiger charge is -2.11. The second kappa shape index (κ2) is 5.05. The molecular formula is C14H24N2. The monoisotopic (exact) mass is 220 g/mol. The minimum Gasteiger partial charge on any atom is -0.350 e. The third-order valence-electron chi connectivity index (χ3n) is 3.53. The van der Waals surface area contributed by atoms with Crippen molar-refractivity contribution in [2.45, 2.75) is 52.7 Å². The zero-order valence-corrected chi connectivity index (χ0v) is 10.7. The molecule has 2 unspecified atom stereocenters. The molecule has 0 aliphatic heterocycles. The van der Waals surface area contributed by atoms with Crippen LogP contribution in [0.1, 0.15) is 39.3 Å². The van der Waals surface area contributed by atoms with Crippen molar-refractivity contribution in [1.29, 1.82) is 0 Å². The van der Waals surface area contributed by atoms with Crippen molar-refractivity contribution in [1.82, 2.24) is 9.88 Å². The van der Waals surface area contributed by atoms with Gasteiger partial charge in [-0.3, -0.25) is 0 Å². The fraction of sp³-hybridized carbons (Fsp3) is 0.714. The molecule has 16 heavy (non-hydrogen) atoms. The number of hydrogen-bond acceptors (Lipinski definition) is 1. The molecule has 1 heterocycles. The lowest BCUT2D eigenvalue weighted by molar-refractivity contribution is 0.500. The summed E-state index contributed by atoms with van der Waals surface area (Å²) >= 11 is 0. The van der Waals surface area contributed by atoms with E-state index in [1.165, 1.54) is 18.5 Å². The maximum Gasteiger partial charge on any atom is 0.0361 e. The largest absolute Gasteiger partial charge is 0.350 e. The smallest absolute Gasteiger partial charge is 0.0361 e. The fourth-order valence-electron chi connectivity index (χ4n) is 2.07. The minimum absolute atomic E-state index is 0.772. The van der Waals surface area contributed by atoms with Crippen molar-refractivity contribution in [3.63, 3.8) is 0 Å². The molecular weight excluding hydrogens is 196 g/mol. The molecule has 1 fully saturated rings. The molecule has 1 N–H and O–H groups in total. The molecule has 0 bridgehead atoms. The van der Waals surface area contributed by atoms with Gasteiger partial charge in [0.05, 0.1) is 0 Å². The van der Waals surface area contributed by atoms with Crippen LogP contribution >= 0.6 is 0 Å². The van der Waals surface area contributed by atoms with Gasteiger partial charge in [-0.05, 0) is 36.8 Å². The molecule has 1 aromatic rings. The number of aromatic nitrogens is 1. The number of hydrogen-bond donors (Lipinski definition) is 1. The second-order valence-corrected chi connectivity index (χ2v) is 5.58. The summed E-state index contributed by atoms with van der Waals surface area (Å²) in [5.41, 5.74) is 1.43. The molecule has 1 saturated carbocycles. The first kappa shape index (κ1) is 11.7. The molecule has 1 aromatic heterocycles. The molecule has 90 valence electrons. The van der Waals surface area contributed by atoms with Crippen molar-refractivity contribution < 1.29 is 0 Å². The maximum atomic E-state index is 3.62. The average molecular weight is 220 g/mol. The summed E-state index contributed by atoms with van der Waals surface area (Å²) < 4.78 is 2.39. The highest BCUT2D eigenvalue weighted by atomic mass is 15.0. The lowest BCUT2D eigenvalue weighted by Crippen LogP contribution is -2.19. The zero-order valence-electron chi connectivity index (χ0n) is 10.7. The summed E-state index contributed by atoms with van der Waals surface area (Å²) in [7, 11) is 0. The van der Waals surface area contributed by atoms with Crippen molar-refractivity contribution in [2.24, 2.45) is 11.8 Å². The number of aryl methyl sites for hydroxylation is 1. The van der Waals surface area contributed by atoms with Gasteiger partial charge in [0.25, 0.3) is 0 Å². The Morgan fingerprint density at radius 2 is 2.25 bits per heavy atom. The predicted molar refractivity (Wildman–Crippen MR) is 68.3 cm³/mol. The first-order valence-electron chi connectivity index (χ1n) is 6.54. The zero-order chi connectivity index (χ0) is 11.5. The molecule has 2 atom stereocenters. The highest BCUT2D eigenvalue weighted by molar-refractivity contribution is 5.08. The van der Waals surface area contributed by atoms with Gasteiger partial charge in [0.2, 0.25) is 0 Å². The minimum atomic E-state index is 0.772. The van der Waals surface area contributed by atoms with Crippen LogP contribution in [0.5, 0.6) is 0 Å². The highest BCUT2D eigenvalue weighted by Crippen LogP contribution is 2.29. The van der Waals surface area contributed by atoms with E-state index in [0.29, 0.717) is 0 Å². The van der Waals surface area contributed by atoms with Gasteiger partial charge >= 0.3 is 0 Å². The van der Waals surface area contributed by atoms with Crippen LogP contribution in [0.2, 0.25) is 0 Å². The van der Waals surface area contributed by atoms with Gasteiger partial charge < -0.3 is 9.88 Å². The van der Waals surface area contributed by atoms with E-state index in [2.05, 4.69) is 49.0 Å². The van der Waals surface area contributed by atoms with Crippen LogP contribution in [0.15, 0.2) is 18.3 Å². The summed E-state index contributed by atoms with van der Waals surface area (Å²) in [5.74, 6) is 1.67. The van der Waals surface area contributed by atoms with Gasteiger partial charge in [0, 0.05) is 31.0 Å². The maximum absolute atomic E-state index is 3.62. The molecule has 0 amide bonds. The molecule has 1 aliphatic rings. The van der Waals surface area contributed by atoms with Gasteiger partial charge in [-0.2, -0.15) is 0 Å². The van der Waals surface area contributed by atoms with E-state index in [1.807, 2.05) is 0 Å². The van der Waals surface area contributed by atoms with E-state index in [9.17, 15) is 0 Å². The van der Waals surface area contributed by atoms with Crippen molar-refractivity contribution in [3.05, 3.63) is 24.0 Å². The van der Waals surface area contributed by atoms with Crippen LogP contribution in [-0.2, 0) is 13.1 Å². The normalized spacial score (nSPS) is 24.0. The van der Waals surface area contributed by atoms with Crippen molar-refractivity contribution in [3.8, 4) is 0 Å². The Labute approximate surface area is 99.0 Å². The molecule has 0 radical (unpaired) electrons. The van der Waals surface area contributed by atoms with E-state index in [-0.39, 0.29) is 0 Å². The van der Waals surface area contributed by atoms with E-state index >= 15 is 0 Å². The van der Waals surface area contributed by atoms with E-state index in [1.54, 1.807) is 0 Å². The van der Waals surface area contributed by atoms with Crippen LogP contribution in [0.3, 0.4) is 0 Å². The van der Waals surface area contributed by atoms with Crippen LogP contribution < -0.4 is 5.32 Å². The van der Waals surface area contributed by atoms with Crippen LogP contribution in [0.4, 0.5) is 0 Å². The average Bonchev–Trinajstić information content (AvgIpc) is 2.78. The third-order valence-corrected chi connectivity index (χ3v) is 3.53. The Morgan fingerprint density at radius 1 is 1.50 bits per heavy atom. The fourth-order valence-corrected chi connectivity index (χ4v) is 2.07. The molecule has 2 rings (SSSR count). The van der Waals surface area contributed by atoms with Gasteiger partial charge in [-0.15, -0.1) is 0 Å². The Bertz CT molecular complexity index is 327. The highest BCUT2D eigenvalue weighted by Gasteiger charge is 2.31. The van der Waals surface area contributed by atoms with E-state index in [0.717, 1.165) is 31.0 Å². The quantitative estimate of drug-likeness (QED) is 0.779. The van der Waals surface area contributed by atoms with Crippen LogP contribution in [0, 0.1) is 11.8 Å².